The summed E-state index contributed by atoms with van der Waals surface area (Å²) >= 11 is 1.95. The number of methoxy groups -OCH3 is 1. The van der Waals surface area contributed by atoms with Crippen molar-refractivity contribution in [1.29, 1.82) is 0 Å². The van der Waals surface area contributed by atoms with E-state index < -0.39 is 0 Å². The fraction of sp³-hybridized carbons (Fsp3) is 0.333. The van der Waals surface area contributed by atoms with Gasteiger partial charge in [0.15, 0.2) is 5.82 Å². The van der Waals surface area contributed by atoms with E-state index in [4.69, 9.17) is 4.74 Å². The van der Waals surface area contributed by atoms with Gasteiger partial charge < -0.3 is 15.0 Å². The first-order chi connectivity index (χ1) is 14.7. The van der Waals surface area contributed by atoms with Gasteiger partial charge in [-0.05, 0) is 24.1 Å². The number of aryl methyl sites for hydroxylation is 1. The summed E-state index contributed by atoms with van der Waals surface area (Å²) in [5.74, 6) is 3.62. The average molecular weight is 425 g/mol. The Bertz CT molecular complexity index is 1000. The zero-order chi connectivity index (χ0) is 20.8. The Morgan fingerprint density at radius 1 is 1.27 bits per heavy atom. The lowest BCUT2D eigenvalue weighted by molar-refractivity contribution is -0.116. The van der Waals surface area contributed by atoms with Crippen LogP contribution < -0.4 is 15.0 Å². The third kappa shape index (κ3) is 4.91. The van der Waals surface area contributed by atoms with Crippen molar-refractivity contribution in [1.82, 2.24) is 19.7 Å². The molecule has 0 aliphatic carbocycles. The minimum absolute atomic E-state index is 0.0617. The molecule has 0 spiro atoms. The van der Waals surface area contributed by atoms with Crippen molar-refractivity contribution >= 4 is 29.0 Å². The number of rotatable bonds is 7. The topological polar surface area (TPSA) is 85.2 Å². The molecule has 1 fully saturated rings. The van der Waals surface area contributed by atoms with Crippen LogP contribution >= 0.6 is 11.8 Å². The number of aromatic nitrogens is 4. The molecule has 1 saturated heterocycles. The number of anilines is 2. The lowest BCUT2D eigenvalue weighted by Gasteiger charge is -2.29. The minimum atomic E-state index is -0.0617. The van der Waals surface area contributed by atoms with Gasteiger partial charge in [-0.25, -0.2) is 14.6 Å². The average Bonchev–Trinajstić information content (AvgIpc) is 3.26. The zero-order valence-corrected chi connectivity index (χ0v) is 17.6. The molecule has 3 heterocycles. The number of benzene rings is 1. The van der Waals surface area contributed by atoms with E-state index in [9.17, 15) is 4.79 Å². The van der Waals surface area contributed by atoms with Gasteiger partial charge in [0.2, 0.25) is 5.91 Å². The maximum atomic E-state index is 12.4. The highest BCUT2D eigenvalue weighted by molar-refractivity contribution is 7.99. The molecule has 30 heavy (non-hydrogen) atoms. The number of hydrogen-bond acceptors (Lipinski definition) is 7. The van der Waals surface area contributed by atoms with Crippen LogP contribution in [-0.4, -0.2) is 57.4 Å². The van der Waals surface area contributed by atoms with E-state index in [1.54, 1.807) is 24.2 Å². The van der Waals surface area contributed by atoms with Crippen molar-refractivity contribution in [3.8, 4) is 11.6 Å². The van der Waals surface area contributed by atoms with E-state index in [1.807, 2.05) is 42.2 Å². The normalized spacial score (nSPS) is 13.8. The Hall–Kier alpha value is -3.07. The zero-order valence-electron chi connectivity index (χ0n) is 16.8. The van der Waals surface area contributed by atoms with E-state index in [0.29, 0.717) is 24.3 Å². The molecule has 0 bridgehead atoms. The number of thioether (sulfide) groups is 1. The third-order valence-electron chi connectivity index (χ3n) is 4.88. The van der Waals surface area contributed by atoms with Crippen LogP contribution in [0.1, 0.15) is 12.0 Å². The van der Waals surface area contributed by atoms with E-state index in [0.717, 1.165) is 41.6 Å². The number of carbonyl (C=O) groups excluding carboxylic acids is 1. The van der Waals surface area contributed by atoms with Crippen molar-refractivity contribution in [3.63, 3.8) is 0 Å². The smallest absolute Gasteiger partial charge is 0.224 e. The summed E-state index contributed by atoms with van der Waals surface area (Å²) in [6.45, 7) is 1.92. The molecule has 9 heteroatoms. The summed E-state index contributed by atoms with van der Waals surface area (Å²) < 4.78 is 6.92. The van der Waals surface area contributed by atoms with Crippen molar-refractivity contribution in [2.24, 2.45) is 0 Å². The van der Waals surface area contributed by atoms with Gasteiger partial charge >= 0.3 is 0 Å². The fourth-order valence-electron chi connectivity index (χ4n) is 3.33. The molecule has 0 saturated carbocycles. The van der Waals surface area contributed by atoms with Crippen LogP contribution in [0.5, 0.6) is 5.75 Å². The molecule has 1 aromatic carbocycles. The lowest BCUT2D eigenvalue weighted by Crippen LogP contribution is -2.33. The van der Waals surface area contributed by atoms with E-state index in [2.05, 4.69) is 25.3 Å². The van der Waals surface area contributed by atoms with Crippen molar-refractivity contribution in [3.05, 3.63) is 54.7 Å². The van der Waals surface area contributed by atoms with Crippen LogP contribution in [0, 0.1) is 0 Å². The molecule has 2 aromatic heterocycles. The molecule has 0 unspecified atom stereocenters. The summed E-state index contributed by atoms with van der Waals surface area (Å²) in [7, 11) is 1.64. The maximum absolute atomic E-state index is 12.4. The summed E-state index contributed by atoms with van der Waals surface area (Å²) in [6, 6.07) is 7.75. The SMILES string of the molecule is COc1cccc(CCC(=O)Nc2cnn(-c3ncncc3N3CCSCC3)c2)c1. The number of nitrogens with one attached hydrogen (secondary N) is 1. The Kier molecular flexibility index (Phi) is 6.48. The largest absolute Gasteiger partial charge is 0.497 e. The molecule has 3 aromatic rings. The summed E-state index contributed by atoms with van der Waals surface area (Å²) in [5.41, 5.74) is 2.66. The molecule has 156 valence electrons. The number of ether oxygens (including phenoxy) is 1. The third-order valence-corrected chi connectivity index (χ3v) is 5.83. The first-order valence-electron chi connectivity index (χ1n) is 9.83. The quantitative estimate of drug-likeness (QED) is 0.624. The number of nitrogens with zero attached hydrogens (tertiary/aromatic N) is 5. The van der Waals surface area contributed by atoms with Gasteiger partial charge in [-0.3, -0.25) is 4.79 Å². The Balaban J connectivity index is 1.40. The van der Waals surface area contributed by atoms with E-state index in [-0.39, 0.29) is 5.91 Å². The molecule has 1 N–H and O–H groups in total. The highest BCUT2D eigenvalue weighted by atomic mass is 32.2. The second-order valence-electron chi connectivity index (χ2n) is 6.90. The second kappa shape index (κ2) is 9.62. The van der Waals surface area contributed by atoms with Gasteiger partial charge in [-0.15, -0.1) is 0 Å². The molecule has 4 rings (SSSR count). The van der Waals surface area contributed by atoms with Crippen molar-refractivity contribution in [2.45, 2.75) is 12.8 Å². The van der Waals surface area contributed by atoms with Crippen LogP contribution in [-0.2, 0) is 11.2 Å². The van der Waals surface area contributed by atoms with Gasteiger partial charge in [-0.2, -0.15) is 16.9 Å². The van der Waals surface area contributed by atoms with Gasteiger partial charge in [0.05, 0.1) is 31.4 Å². The van der Waals surface area contributed by atoms with Crippen LogP contribution in [0.3, 0.4) is 0 Å². The van der Waals surface area contributed by atoms with Crippen LogP contribution in [0.15, 0.2) is 49.2 Å². The van der Waals surface area contributed by atoms with E-state index in [1.165, 1.54) is 6.33 Å². The van der Waals surface area contributed by atoms with Crippen LogP contribution in [0.2, 0.25) is 0 Å². The van der Waals surface area contributed by atoms with Gasteiger partial charge in [0.25, 0.3) is 0 Å². The van der Waals surface area contributed by atoms with Crippen LogP contribution in [0.4, 0.5) is 11.4 Å². The Morgan fingerprint density at radius 2 is 2.13 bits per heavy atom. The number of amides is 1. The monoisotopic (exact) mass is 424 g/mol. The molecular formula is C21H24N6O2S. The summed E-state index contributed by atoms with van der Waals surface area (Å²) in [4.78, 5) is 23.3. The number of hydrogen-bond donors (Lipinski definition) is 1. The fourth-order valence-corrected chi connectivity index (χ4v) is 4.24. The standard InChI is InChI=1S/C21H24N6O2S/c1-29-18-4-2-3-16(11-18)5-6-20(28)25-17-12-24-27(14-17)21-19(13-22-15-23-21)26-7-9-30-10-8-26/h2-4,11-15H,5-10H2,1H3,(H,25,28). The summed E-state index contributed by atoms with van der Waals surface area (Å²) in [6.07, 6.45) is 7.79. The first kappa shape index (κ1) is 20.2. The second-order valence-corrected chi connectivity index (χ2v) is 8.13. The molecule has 0 atom stereocenters. The maximum Gasteiger partial charge on any atom is 0.224 e. The van der Waals surface area contributed by atoms with Gasteiger partial charge in [-0.1, -0.05) is 12.1 Å². The summed E-state index contributed by atoms with van der Waals surface area (Å²) in [5, 5.41) is 7.32. The highest BCUT2D eigenvalue weighted by Crippen LogP contribution is 2.24. The van der Waals surface area contributed by atoms with Gasteiger partial charge in [0.1, 0.15) is 17.8 Å². The van der Waals surface area contributed by atoms with E-state index >= 15 is 0 Å². The molecule has 1 aliphatic heterocycles. The number of carbonyl (C=O) groups is 1. The molecule has 1 aliphatic rings. The molecule has 8 nitrogen and oxygen atoms in total. The predicted octanol–water partition coefficient (Wildman–Crippen LogP) is 2.80. The van der Waals surface area contributed by atoms with Crippen molar-refractivity contribution < 1.29 is 9.53 Å². The van der Waals surface area contributed by atoms with Crippen LogP contribution in [0.25, 0.3) is 5.82 Å². The Labute approximate surface area is 179 Å². The highest BCUT2D eigenvalue weighted by Gasteiger charge is 2.18. The van der Waals surface area contributed by atoms with Crippen molar-refractivity contribution in [2.75, 3.05) is 41.9 Å². The van der Waals surface area contributed by atoms with Gasteiger partial charge in [0, 0.05) is 31.0 Å². The molecule has 1 amide bonds. The Morgan fingerprint density at radius 3 is 2.97 bits per heavy atom. The molecule has 0 radical (unpaired) electrons. The lowest BCUT2D eigenvalue weighted by atomic mass is 10.1. The minimum Gasteiger partial charge on any atom is -0.497 e. The first-order valence-corrected chi connectivity index (χ1v) is 11.0. The predicted molar refractivity (Wildman–Crippen MR) is 119 cm³/mol. The molecular weight excluding hydrogens is 400 g/mol.